The summed E-state index contributed by atoms with van der Waals surface area (Å²) >= 11 is 5.89. The summed E-state index contributed by atoms with van der Waals surface area (Å²) in [7, 11) is 0. The summed E-state index contributed by atoms with van der Waals surface area (Å²) in [4.78, 5) is 6.79. The van der Waals surface area contributed by atoms with Crippen LogP contribution >= 0.6 is 11.6 Å². The van der Waals surface area contributed by atoms with Gasteiger partial charge in [0.05, 0.1) is 5.69 Å². The van der Waals surface area contributed by atoms with Crippen molar-refractivity contribution in [1.82, 2.24) is 15.2 Å². The van der Waals surface area contributed by atoms with Gasteiger partial charge in [0.1, 0.15) is 5.15 Å². The predicted octanol–water partition coefficient (Wildman–Crippen LogP) is 1.92. The maximum Gasteiger partial charge on any atom is 0.129 e. The maximum atomic E-state index is 5.89. The Balaban J connectivity index is 2.00. The number of nitrogens with zero attached hydrogens (tertiary/aromatic N) is 2. The summed E-state index contributed by atoms with van der Waals surface area (Å²) in [6.07, 6.45) is 1.23. The van der Waals surface area contributed by atoms with Gasteiger partial charge in [0, 0.05) is 19.1 Å². The molecule has 1 aromatic heterocycles. The van der Waals surface area contributed by atoms with Gasteiger partial charge in [-0.05, 0) is 31.6 Å². The molecule has 0 bridgehead atoms. The second kappa shape index (κ2) is 5.62. The van der Waals surface area contributed by atoms with Crippen LogP contribution in [-0.4, -0.2) is 35.6 Å². The second-order valence-corrected chi connectivity index (χ2v) is 4.55. The first-order chi connectivity index (χ1) is 7.79. The third-order valence-corrected chi connectivity index (χ3v) is 3.31. The number of pyridine rings is 1. The summed E-state index contributed by atoms with van der Waals surface area (Å²) in [5.74, 6) is 0. The van der Waals surface area contributed by atoms with Crippen molar-refractivity contribution in [2.45, 2.75) is 25.9 Å². The molecule has 1 aromatic rings. The third-order valence-electron chi connectivity index (χ3n) is 3.09. The van der Waals surface area contributed by atoms with Gasteiger partial charge in [-0.15, -0.1) is 0 Å². The summed E-state index contributed by atoms with van der Waals surface area (Å²) in [6, 6.07) is 6.46. The van der Waals surface area contributed by atoms with E-state index in [1.807, 2.05) is 18.2 Å². The Kier molecular flexibility index (Phi) is 4.16. The highest BCUT2D eigenvalue weighted by molar-refractivity contribution is 6.29. The van der Waals surface area contributed by atoms with Crippen LogP contribution < -0.4 is 5.32 Å². The monoisotopic (exact) mass is 239 g/mol. The number of hydrogen-bond acceptors (Lipinski definition) is 3. The quantitative estimate of drug-likeness (QED) is 0.814. The molecule has 0 saturated carbocycles. The SMILES string of the molecule is CCN(Cc1cccc(Cl)n1)C1CCNC1. The Morgan fingerprint density at radius 3 is 3.06 bits per heavy atom. The van der Waals surface area contributed by atoms with E-state index >= 15 is 0 Å². The van der Waals surface area contributed by atoms with Gasteiger partial charge in [-0.2, -0.15) is 0 Å². The highest BCUT2D eigenvalue weighted by Crippen LogP contribution is 2.13. The molecule has 0 aliphatic carbocycles. The van der Waals surface area contributed by atoms with Gasteiger partial charge in [0.15, 0.2) is 0 Å². The van der Waals surface area contributed by atoms with Crippen molar-refractivity contribution in [2.75, 3.05) is 19.6 Å². The average molecular weight is 240 g/mol. The molecular weight excluding hydrogens is 222 g/mol. The average Bonchev–Trinajstić information content (AvgIpc) is 2.79. The van der Waals surface area contributed by atoms with Crippen LogP contribution in [-0.2, 0) is 6.54 Å². The minimum atomic E-state index is 0.582. The molecule has 0 spiro atoms. The highest BCUT2D eigenvalue weighted by Gasteiger charge is 2.21. The Morgan fingerprint density at radius 1 is 1.56 bits per heavy atom. The lowest BCUT2D eigenvalue weighted by Crippen LogP contribution is -2.36. The fourth-order valence-corrected chi connectivity index (χ4v) is 2.38. The minimum Gasteiger partial charge on any atom is -0.315 e. The Morgan fingerprint density at radius 2 is 2.44 bits per heavy atom. The minimum absolute atomic E-state index is 0.582. The van der Waals surface area contributed by atoms with Gasteiger partial charge >= 0.3 is 0 Å². The molecule has 1 atom stereocenters. The van der Waals surface area contributed by atoms with E-state index in [2.05, 4.69) is 22.1 Å². The van der Waals surface area contributed by atoms with Crippen LogP contribution in [0.4, 0.5) is 0 Å². The molecule has 4 heteroatoms. The first-order valence-electron chi connectivity index (χ1n) is 5.86. The zero-order chi connectivity index (χ0) is 11.4. The third kappa shape index (κ3) is 2.94. The summed E-state index contributed by atoms with van der Waals surface area (Å²) < 4.78 is 0. The lowest BCUT2D eigenvalue weighted by Gasteiger charge is -2.26. The zero-order valence-corrected chi connectivity index (χ0v) is 10.4. The number of rotatable bonds is 4. The van der Waals surface area contributed by atoms with E-state index in [-0.39, 0.29) is 0 Å². The van der Waals surface area contributed by atoms with Crippen molar-refractivity contribution in [2.24, 2.45) is 0 Å². The largest absolute Gasteiger partial charge is 0.315 e. The lowest BCUT2D eigenvalue weighted by molar-refractivity contribution is 0.208. The number of likely N-dealkylation sites (N-methyl/N-ethyl adjacent to an activating group) is 1. The van der Waals surface area contributed by atoms with Crippen LogP contribution in [0.1, 0.15) is 19.0 Å². The standard InChI is InChI=1S/C12H18ClN3/c1-2-16(11-6-7-14-8-11)9-10-4-3-5-12(13)15-10/h3-5,11,14H,2,6-9H2,1H3. The summed E-state index contributed by atoms with van der Waals surface area (Å²) in [5.41, 5.74) is 1.06. The van der Waals surface area contributed by atoms with E-state index in [4.69, 9.17) is 11.6 Å². The van der Waals surface area contributed by atoms with Gasteiger partial charge in [-0.1, -0.05) is 24.6 Å². The molecule has 1 fully saturated rings. The molecule has 88 valence electrons. The van der Waals surface area contributed by atoms with Crippen LogP contribution in [0, 0.1) is 0 Å². The van der Waals surface area contributed by atoms with Gasteiger partial charge in [0.25, 0.3) is 0 Å². The van der Waals surface area contributed by atoms with E-state index < -0.39 is 0 Å². The van der Waals surface area contributed by atoms with Crippen molar-refractivity contribution in [3.05, 3.63) is 29.0 Å². The van der Waals surface area contributed by atoms with Crippen LogP contribution in [0.15, 0.2) is 18.2 Å². The van der Waals surface area contributed by atoms with Crippen LogP contribution in [0.25, 0.3) is 0 Å². The normalized spacial score (nSPS) is 20.6. The molecule has 1 saturated heterocycles. The second-order valence-electron chi connectivity index (χ2n) is 4.16. The van der Waals surface area contributed by atoms with Gasteiger partial charge in [-0.25, -0.2) is 4.98 Å². The molecule has 3 nitrogen and oxygen atoms in total. The highest BCUT2D eigenvalue weighted by atomic mass is 35.5. The lowest BCUT2D eigenvalue weighted by atomic mass is 10.2. The van der Waals surface area contributed by atoms with Crippen molar-refractivity contribution in [3.63, 3.8) is 0 Å². The Labute approximate surface area is 102 Å². The molecule has 0 aromatic carbocycles. The fourth-order valence-electron chi connectivity index (χ4n) is 2.20. The van der Waals surface area contributed by atoms with Gasteiger partial charge in [0.2, 0.25) is 0 Å². The van der Waals surface area contributed by atoms with Crippen LogP contribution in [0.3, 0.4) is 0 Å². The van der Waals surface area contributed by atoms with Gasteiger partial charge < -0.3 is 5.32 Å². The topological polar surface area (TPSA) is 28.2 Å². The van der Waals surface area contributed by atoms with Crippen molar-refractivity contribution >= 4 is 11.6 Å². The van der Waals surface area contributed by atoms with Crippen molar-refractivity contribution in [3.8, 4) is 0 Å². The van der Waals surface area contributed by atoms with Crippen LogP contribution in [0.5, 0.6) is 0 Å². The first-order valence-corrected chi connectivity index (χ1v) is 6.23. The fraction of sp³-hybridized carbons (Fsp3) is 0.583. The molecule has 1 aliphatic heterocycles. The van der Waals surface area contributed by atoms with E-state index in [1.165, 1.54) is 6.42 Å². The molecule has 1 N–H and O–H groups in total. The molecule has 2 heterocycles. The molecule has 16 heavy (non-hydrogen) atoms. The molecular formula is C12H18ClN3. The van der Waals surface area contributed by atoms with E-state index in [9.17, 15) is 0 Å². The van der Waals surface area contributed by atoms with E-state index in [1.54, 1.807) is 0 Å². The number of hydrogen-bond donors (Lipinski definition) is 1. The summed E-state index contributed by atoms with van der Waals surface area (Å²) in [5, 5.41) is 3.98. The number of halogens is 1. The van der Waals surface area contributed by atoms with Gasteiger partial charge in [-0.3, -0.25) is 4.90 Å². The maximum absolute atomic E-state index is 5.89. The van der Waals surface area contributed by atoms with Crippen molar-refractivity contribution < 1.29 is 0 Å². The molecule has 0 radical (unpaired) electrons. The van der Waals surface area contributed by atoms with Crippen molar-refractivity contribution in [1.29, 1.82) is 0 Å². The summed E-state index contributed by atoms with van der Waals surface area (Å²) in [6.45, 7) is 6.37. The van der Waals surface area contributed by atoms with E-state index in [0.717, 1.165) is 31.9 Å². The molecule has 2 rings (SSSR count). The zero-order valence-electron chi connectivity index (χ0n) is 9.62. The number of aromatic nitrogens is 1. The molecule has 1 aliphatic rings. The molecule has 1 unspecified atom stereocenters. The first kappa shape index (κ1) is 11.8. The molecule has 0 amide bonds. The van der Waals surface area contributed by atoms with Crippen LogP contribution in [0.2, 0.25) is 5.15 Å². The Hall–Kier alpha value is -0.640. The Bertz CT molecular complexity index is 337. The smallest absolute Gasteiger partial charge is 0.129 e. The van der Waals surface area contributed by atoms with E-state index in [0.29, 0.717) is 11.2 Å². The number of nitrogens with one attached hydrogen (secondary N) is 1. The predicted molar refractivity (Wildman–Crippen MR) is 66.6 cm³/mol.